The van der Waals surface area contributed by atoms with Crippen molar-refractivity contribution in [3.8, 4) is 0 Å². The first kappa shape index (κ1) is 21.3. The standard InChI is InChI=1S/C14H17N5O8/c15-8(20)3-7(14(26)27)18-10(22)5-16-9(21)4-17-11(23)6-19-12(24)1-2-13(19)25/h1-2,7H,3-6H2,(H2,15,20)(H,16,21)(H,17,23)(H,18,22)(H,26,27). The fourth-order valence-electron chi connectivity index (χ4n) is 1.85. The lowest BCUT2D eigenvalue weighted by atomic mass is 10.2. The van der Waals surface area contributed by atoms with Gasteiger partial charge < -0.3 is 26.8 Å². The molecular weight excluding hydrogens is 366 g/mol. The van der Waals surface area contributed by atoms with Crippen LogP contribution in [0.2, 0.25) is 0 Å². The number of aliphatic carboxylic acids is 1. The molecule has 1 heterocycles. The zero-order valence-electron chi connectivity index (χ0n) is 13.9. The highest BCUT2D eigenvalue weighted by Crippen LogP contribution is 2.02. The van der Waals surface area contributed by atoms with E-state index in [-0.39, 0.29) is 0 Å². The monoisotopic (exact) mass is 383 g/mol. The fourth-order valence-corrected chi connectivity index (χ4v) is 1.85. The first-order chi connectivity index (χ1) is 12.6. The van der Waals surface area contributed by atoms with Crippen LogP contribution in [0.25, 0.3) is 0 Å². The van der Waals surface area contributed by atoms with Gasteiger partial charge in [-0.1, -0.05) is 0 Å². The average Bonchev–Trinajstić information content (AvgIpc) is 2.89. The number of imide groups is 1. The minimum atomic E-state index is -1.53. The van der Waals surface area contributed by atoms with Gasteiger partial charge in [0, 0.05) is 12.2 Å². The molecule has 146 valence electrons. The van der Waals surface area contributed by atoms with Crippen molar-refractivity contribution in [2.45, 2.75) is 12.5 Å². The number of hydrogen-bond donors (Lipinski definition) is 5. The maximum Gasteiger partial charge on any atom is 0.326 e. The van der Waals surface area contributed by atoms with Crippen LogP contribution in [-0.2, 0) is 33.6 Å². The Morgan fingerprint density at radius 2 is 1.48 bits per heavy atom. The molecular formula is C14H17N5O8. The van der Waals surface area contributed by atoms with Gasteiger partial charge in [0.2, 0.25) is 23.6 Å². The lowest BCUT2D eigenvalue weighted by Crippen LogP contribution is -2.48. The van der Waals surface area contributed by atoms with Crippen LogP contribution in [0.1, 0.15) is 6.42 Å². The minimum absolute atomic E-state index is 0.542. The number of carbonyl (C=O) groups is 7. The number of amides is 6. The van der Waals surface area contributed by atoms with Crippen molar-refractivity contribution < 1.29 is 38.7 Å². The van der Waals surface area contributed by atoms with Crippen LogP contribution in [-0.4, -0.2) is 77.1 Å². The van der Waals surface area contributed by atoms with Crippen LogP contribution < -0.4 is 21.7 Å². The van der Waals surface area contributed by atoms with Crippen molar-refractivity contribution in [3.05, 3.63) is 12.2 Å². The van der Waals surface area contributed by atoms with E-state index < -0.39 is 73.5 Å². The van der Waals surface area contributed by atoms with Gasteiger partial charge in [-0.15, -0.1) is 0 Å². The summed E-state index contributed by atoms with van der Waals surface area (Å²) in [5.41, 5.74) is 4.86. The number of nitrogens with two attached hydrogens (primary N) is 1. The van der Waals surface area contributed by atoms with Crippen molar-refractivity contribution >= 4 is 41.4 Å². The topological polar surface area (TPSA) is 205 Å². The predicted octanol–water partition coefficient (Wildman–Crippen LogP) is -4.41. The number of carboxylic acids is 1. The van der Waals surface area contributed by atoms with Gasteiger partial charge in [0.15, 0.2) is 0 Å². The van der Waals surface area contributed by atoms with Gasteiger partial charge in [-0.25, -0.2) is 4.79 Å². The number of hydrogen-bond acceptors (Lipinski definition) is 7. The van der Waals surface area contributed by atoms with Gasteiger partial charge >= 0.3 is 5.97 Å². The zero-order chi connectivity index (χ0) is 20.6. The number of carboxylic acid groups (broad SMARTS) is 1. The Morgan fingerprint density at radius 3 is 2.00 bits per heavy atom. The lowest BCUT2D eigenvalue weighted by molar-refractivity contribution is -0.143. The highest BCUT2D eigenvalue weighted by Gasteiger charge is 2.26. The number of nitrogens with zero attached hydrogens (tertiary/aromatic N) is 1. The van der Waals surface area contributed by atoms with Crippen molar-refractivity contribution in [1.29, 1.82) is 0 Å². The van der Waals surface area contributed by atoms with Crippen LogP contribution in [0.5, 0.6) is 0 Å². The molecule has 6 N–H and O–H groups in total. The summed E-state index contributed by atoms with van der Waals surface area (Å²) in [6.45, 7) is -1.71. The number of carbonyl (C=O) groups excluding carboxylic acids is 6. The summed E-state index contributed by atoms with van der Waals surface area (Å²) in [6, 6.07) is -1.53. The predicted molar refractivity (Wildman–Crippen MR) is 85.3 cm³/mol. The van der Waals surface area contributed by atoms with Crippen LogP contribution >= 0.6 is 0 Å². The molecule has 27 heavy (non-hydrogen) atoms. The molecule has 0 aromatic carbocycles. The average molecular weight is 383 g/mol. The molecule has 6 amide bonds. The summed E-state index contributed by atoms with van der Waals surface area (Å²) in [5, 5.41) is 15.1. The van der Waals surface area contributed by atoms with Crippen molar-refractivity contribution in [3.63, 3.8) is 0 Å². The number of primary amides is 1. The second-order valence-electron chi connectivity index (χ2n) is 5.28. The molecule has 0 radical (unpaired) electrons. The van der Waals surface area contributed by atoms with Crippen LogP contribution in [0.3, 0.4) is 0 Å². The van der Waals surface area contributed by atoms with E-state index in [2.05, 4.69) is 10.6 Å². The molecule has 1 unspecified atom stereocenters. The van der Waals surface area contributed by atoms with Crippen LogP contribution in [0, 0.1) is 0 Å². The molecule has 0 spiro atoms. The van der Waals surface area contributed by atoms with E-state index in [1.807, 2.05) is 5.32 Å². The van der Waals surface area contributed by atoms with Gasteiger partial charge in [0.25, 0.3) is 11.8 Å². The summed E-state index contributed by atoms with van der Waals surface area (Å²) < 4.78 is 0. The largest absolute Gasteiger partial charge is 0.480 e. The summed E-state index contributed by atoms with van der Waals surface area (Å²) in [5.74, 6) is -6.14. The van der Waals surface area contributed by atoms with Crippen molar-refractivity contribution in [2.24, 2.45) is 5.73 Å². The van der Waals surface area contributed by atoms with Gasteiger partial charge in [-0.3, -0.25) is 33.7 Å². The molecule has 0 aromatic rings. The second kappa shape index (κ2) is 9.65. The molecule has 13 heteroatoms. The Bertz CT molecular complexity index is 698. The van der Waals surface area contributed by atoms with E-state index in [1.165, 1.54) is 0 Å². The first-order valence-electron chi connectivity index (χ1n) is 7.47. The first-order valence-corrected chi connectivity index (χ1v) is 7.47. The Kier molecular flexibility index (Phi) is 7.60. The van der Waals surface area contributed by atoms with Crippen LogP contribution in [0.4, 0.5) is 0 Å². The smallest absolute Gasteiger partial charge is 0.326 e. The van der Waals surface area contributed by atoms with E-state index >= 15 is 0 Å². The second-order valence-corrected chi connectivity index (χ2v) is 5.28. The quantitative estimate of drug-likeness (QED) is 0.232. The van der Waals surface area contributed by atoms with E-state index in [9.17, 15) is 33.6 Å². The Labute approximate surface area is 151 Å². The Hall–Kier alpha value is -3.77. The molecule has 13 nitrogen and oxygen atoms in total. The van der Waals surface area contributed by atoms with Gasteiger partial charge in [-0.05, 0) is 0 Å². The minimum Gasteiger partial charge on any atom is -0.480 e. The molecule has 0 bridgehead atoms. The molecule has 0 aliphatic carbocycles. The molecule has 1 rings (SSSR count). The van der Waals surface area contributed by atoms with Gasteiger partial charge in [0.05, 0.1) is 19.5 Å². The highest BCUT2D eigenvalue weighted by atomic mass is 16.4. The van der Waals surface area contributed by atoms with E-state index in [1.54, 1.807) is 0 Å². The maximum atomic E-state index is 11.6. The molecule has 0 aromatic heterocycles. The Morgan fingerprint density at radius 1 is 0.963 bits per heavy atom. The third-order valence-corrected chi connectivity index (χ3v) is 3.13. The highest BCUT2D eigenvalue weighted by molar-refractivity contribution is 6.14. The third-order valence-electron chi connectivity index (χ3n) is 3.13. The molecule has 0 saturated heterocycles. The summed E-state index contributed by atoms with van der Waals surface area (Å²) in [4.78, 5) is 79.5. The van der Waals surface area contributed by atoms with Crippen molar-refractivity contribution in [2.75, 3.05) is 19.6 Å². The number of nitrogens with one attached hydrogen (secondary N) is 3. The zero-order valence-corrected chi connectivity index (χ0v) is 13.9. The number of rotatable bonds is 10. The third kappa shape index (κ3) is 7.33. The molecule has 1 aliphatic heterocycles. The summed E-state index contributed by atoms with van der Waals surface area (Å²) in [6.07, 6.45) is 1.39. The lowest BCUT2D eigenvalue weighted by Gasteiger charge is -2.14. The maximum absolute atomic E-state index is 11.6. The SMILES string of the molecule is NC(=O)CC(NC(=O)CNC(=O)CNC(=O)CN1C(=O)C=CC1=O)C(=O)O. The fraction of sp³-hybridized carbons (Fsp3) is 0.357. The van der Waals surface area contributed by atoms with E-state index in [4.69, 9.17) is 10.8 Å². The van der Waals surface area contributed by atoms with E-state index in [0.717, 1.165) is 12.2 Å². The summed E-state index contributed by atoms with van der Waals surface area (Å²) >= 11 is 0. The van der Waals surface area contributed by atoms with Gasteiger partial charge in [0.1, 0.15) is 12.6 Å². The molecule has 1 aliphatic rings. The van der Waals surface area contributed by atoms with E-state index in [0.29, 0.717) is 4.90 Å². The molecule has 0 saturated carbocycles. The van der Waals surface area contributed by atoms with Crippen LogP contribution in [0.15, 0.2) is 12.2 Å². The molecule has 1 atom stereocenters. The molecule has 0 fully saturated rings. The normalized spacial score (nSPS) is 13.9. The summed E-state index contributed by atoms with van der Waals surface area (Å²) in [7, 11) is 0. The van der Waals surface area contributed by atoms with Crippen molar-refractivity contribution in [1.82, 2.24) is 20.9 Å². The van der Waals surface area contributed by atoms with Gasteiger partial charge in [-0.2, -0.15) is 0 Å². The Balaban J connectivity index is 2.31.